The third-order valence-corrected chi connectivity index (χ3v) is 6.54. The molecule has 1 N–H and O–H groups in total. The Labute approximate surface area is 177 Å². The molecule has 0 bridgehead atoms. The van der Waals surface area contributed by atoms with Gasteiger partial charge in [0.15, 0.2) is 5.78 Å². The minimum absolute atomic E-state index is 0.0234. The largest absolute Gasteiger partial charge is 0.376 e. The van der Waals surface area contributed by atoms with Crippen LogP contribution in [0.4, 0.5) is 0 Å². The summed E-state index contributed by atoms with van der Waals surface area (Å²) in [5.74, 6) is 0.0234. The van der Waals surface area contributed by atoms with Crippen LogP contribution in [0.25, 0.3) is 10.9 Å². The van der Waals surface area contributed by atoms with Crippen molar-refractivity contribution in [3.8, 4) is 0 Å². The number of benzene rings is 2. The fraction of sp³-hybridized carbons (Fsp3) is 0.273. The lowest BCUT2D eigenvalue weighted by Crippen LogP contribution is -2.18. The molecule has 152 valence electrons. The van der Waals surface area contributed by atoms with E-state index in [0.717, 1.165) is 35.9 Å². The summed E-state index contributed by atoms with van der Waals surface area (Å²) in [5.41, 5.74) is 2.54. The number of hydrogen-bond acceptors (Lipinski definition) is 6. The number of carbonyl (C=O) groups excluding carboxylic acids is 1. The number of ether oxygens (including phenoxy) is 1. The van der Waals surface area contributed by atoms with Gasteiger partial charge in [-0.15, -0.1) is 5.10 Å². The molecule has 1 saturated heterocycles. The summed E-state index contributed by atoms with van der Waals surface area (Å²) < 4.78 is 7.48. The van der Waals surface area contributed by atoms with Gasteiger partial charge in [0.25, 0.3) is 0 Å². The van der Waals surface area contributed by atoms with E-state index in [1.165, 1.54) is 11.8 Å². The number of aromatic amines is 1. The van der Waals surface area contributed by atoms with Crippen LogP contribution in [-0.4, -0.2) is 43.7 Å². The molecular weight excluding hydrogens is 398 g/mol. The van der Waals surface area contributed by atoms with E-state index in [9.17, 15) is 4.79 Å². The molecule has 0 saturated carbocycles. The zero-order chi connectivity index (χ0) is 20.3. The number of carbonyl (C=O) groups is 1. The maximum absolute atomic E-state index is 13.7. The molecule has 30 heavy (non-hydrogen) atoms. The first-order valence-corrected chi connectivity index (χ1v) is 10.9. The number of thioether (sulfide) groups is 1. The van der Waals surface area contributed by atoms with Crippen LogP contribution >= 0.6 is 11.8 Å². The summed E-state index contributed by atoms with van der Waals surface area (Å²) in [6.45, 7) is 1.37. The maximum atomic E-state index is 13.7. The molecule has 1 fully saturated rings. The SMILES string of the molecule is O=C(c1c[nH]c2ccccc12)[C@@H](Sc1nnnn1C[C@H]1CCCO1)c1ccccc1. The predicted molar refractivity (Wildman–Crippen MR) is 114 cm³/mol. The molecule has 2 aromatic heterocycles. The predicted octanol–water partition coefficient (Wildman–Crippen LogP) is 4.05. The molecule has 7 nitrogen and oxygen atoms in total. The highest BCUT2D eigenvalue weighted by molar-refractivity contribution is 8.00. The summed E-state index contributed by atoms with van der Waals surface area (Å²) in [5, 5.41) is 13.3. The maximum Gasteiger partial charge on any atom is 0.210 e. The molecule has 5 rings (SSSR count). The second kappa shape index (κ2) is 8.41. The van der Waals surface area contributed by atoms with Crippen LogP contribution in [0.1, 0.15) is 34.0 Å². The molecule has 0 spiro atoms. The van der Waals surface area contributed by atoms with Crippen LogP contribution in [0.15, 0.2) is 66.0 Å². The Hall–Kier alpha value is -2.97. The standard InChI is InChI=1S/C22H21N5O2S/c28-20(18-13-23-19-11-5-4-10-17(18)19)21(15-7-2-1-3-8-15)30-22-24-25-26-27(22)14-16-9-6-12-29-16/h1-5,7-8,10-11,13,16,21,23H,6,9,12,14H2/t16-,21+/m1/s1. The summed E-state index contributed by atoms with van der Waals surface area (Å²) in [6, 6.07) is 17.6. The van der Waals surface area contributed by atoms with Gasteiger partial charge >= 0.3 is 0 Å². The number of Topliss-reactive ketones (excluding diaryl/α,β-unsaturated/α-hetero) is 1. The fourth-order valence-electron chi connectivity index (χ4n) is 3.80. The first-order valence-electron chi connectivity index (χ1n) is 9.99. The number of rotatable bonds is 7. The smallest absolute Gasteiger partial charge is 0.210 e. The van der Waals surface area contributed by atoms with Gasteiger partial charge in [0.05, 0.1) is 12.6 Å². The minimum Gasteiger partial charge on any atom is -0.376 e. The number of H-pyrrole nitrogens is 1. The van der Waals surface area contributed by atoms with Crippen molar-refractivity contribution < 1.29 is 9.53 Å². The summed E-state index contributed by atoms with van der Waals surface area (Å²) in [4.78, 5) is 16.9. The average Bonchev–Trinajstić information content (AvgIpc) is 3.54. The van der Waals surface area contributed by atoms with Crippen LogP contribution in [0.5, 0.6) is 0 Å². The second-order valence-corrected chi connectivity index (χ2v) is 8.37. The zero-order valence-corrected chi connectivity index (χ0v) is 17.1. The van der Waals surface area contributed by atoms with Gasteiger partial charge in [-0.1, -0.05) is 60.3 Å². The van der Waals surface area contributed by atoms with Crippen molar-refractivity contribution in [1.82, 2.24) is 25.2 Å². The first kappa shape index (κ1) is 19.0. The van der Waals surface area contributed by atoms with E-state index in [4.69, 9.17) is 4.74 Å². The van der Waals surface area contributed by atoms with E-state index in [1.807, 2.05) is 54.6 Å². The highest BCUT2D eigenvalue weighted by Gasteiger charge is 2.28. The fourth-order valence-corrected chi connectivity index (χ4v) is 4.85. The number of fused-ring (bicyclic) bond motifs is 1. The summed E-state index contributed by atoms with van der Waals surface area (Å²) in [6.07, 6.45) is 3.97. The number of nitrogens with one attached hydrogen (secondary N) is 1. The van der Waals surface area contributed by atoms with E-state index >= 15 is 0 Å². The van der Waals surface area contributed by atoms with Crippen LogP contribution in [0.3, 0.4) is 0 Å². The quantitative estimate of drug-likeness (QED) is 0.359. The van der Waals surface area contributed by atoms with Crippen LogP contribution in [0.2, 0.25) is 0 Å². The van der Waals surface area contributed by atoms with Gasteiger partial charge in [-0.05, 0) is 34.9 Å². The topological polar surface area (TPSA) is 85.7 Å². The van der Waals surface area contributed by atoms with Gasteiger partial charge in [0, 0.05) is 29.3 Å². The van der Waals surface area contributed by atoms with Crippen molar-refractivity contribution in [3.63, 3.8) is 0 Å². The molecule has 0 unspecified atom stereocenters. The summed E-state index contributed by atoms with van der Waals surface area (Å²) in [7, 11) is 0. The van der Waals surface area contributed by atoms with E-state index in [1.54, 1.807) is 10.9 Å². The monoisotopic (exact) mass is 419 g/mol. The number of hydrogen-bond donors (Lipinski definition) is 1. The van der Waals surface area contributed by atoms with Gasteiger partial charge < -0.3 is 9.72 Å². The molecule has 2 aromatic carbocycles. The minimum atomic E-state index is -0.459. The Morgan fingerprint density at radius 2 is 2.03 bits per heavy atom. The van der Waals surface area contributed by atoms with Crippen molar-refractivity contribution in [1.29, 1.82) is 0 Å². The Morgan fingerprint density at radius 3 is 2.87 bits per heavy atom. The van der Waals surface area contributed by atoms with Crippen molar-refractivity contribution in [2.24, 2.45) is 0 Å². The number of aromatic nitrogens is 5. The Balaban J connectivity index is 1.48. The molecule has 0 amide bonds. The van der Waals surface area contributed by atoms with E-state index in [2.05, 4.69) is 20.5 Å². The molecular formula is C22H21N5O2S. The number of nitrogens with zero attached hydrogens (tertiary/aromatic N) is 4. The molecule has 1 aliphatic rings. The molecule has 8 heteroatoms. The van der Waals surface area contributed by atoms with Gasteiger partial charge in [0.1, 0.15) is 5.25 Å². The van der Waals surface area contributed by atoms with E-state index < -0.39 is 5.25 Å². The number of tetrazole rings is 1. The molecule has 1 aliphatic heterocycles. The molecule has 0 aliphatic carbocycles. The lowest BCUT2D eigenvalue weighted by molar-refractivity contribution is 0.0911. The highest BCUT2D eigenvalue weighted by atomic mass is 32.2. The number of ketones is 1. The van der Waals surface area contributed by atoms with Gasteiger partial charge in [0.2, 0.25) is 5.16 Å². The van der Waals surface area contributed by atoms with Crippen molar-refractivity contribution in [2.75, 3.05) is 6.61 Å². The van der Waals surface area contributed by atoms with Crippen molar-refractivity contribution in [2.45, 2.75) is 35.9 Å². The third kappa shape index (κ3) is 3.76. The second-order valence-electron chi connectivity index (χ2n) is 7.30. The van der Waals surface area contributed by atoms with Gasteiger partial charge in [-0.2, -0.15) is 0 Å². The van der Waals surface area contributed by atoms with E-state index in [0.29, 0.717) is 17.3 Å². The molecule has 0 radical (unpaired) electrons. The Morgan fingerprint density at radius 1 is 1.20 bits per heavy atom. The van der Waals surface area contributed by atoms with Crippen molar-refractivity contribution >= 4 is 28.4 Å². The van der Waals surface area contributed by atoms with Crippen LogP contribution < -0.4 is 0 Å². The lowest BCUT2D eigenvalue weighted by Gasteiger charge is -2.16. The summed E-state index contributed by atoms with van der Waals surface area (Å²) >= 11 is 1.38. The Kier molecular flexibility index (Phi) is 5.33. The van der Waals surface area contributed by atoms with Crippen molar-refractivity contribution in [3.05, 3.63) is 71.9 Å². The van der Waals surface area contributed by atoms with Gasteiger partial charge in [-0.25, -0.2) is 4.68 Å². The number of para-hydroxylation sites is 1. The third-order valence-electron chi connectivity index (χ3n) is 5.32. The Bertz CT molecular complexity index is 1150. The normalized spacial score (nSPS) is 17.4. The lowest BCUT2D eigenvalue weighted by atomic mass is 10.0. The first-order chi connectivity index (χ1) is 14.8. The van der Waals surface area contributed by atoms with Crippen LogP contribution in [-0.2, 0) is 11.3 Å². The zero-order valence-electron chi connectivity index (χ0n) is 16.3. The van der Waals surface area contributed by atoms with Crippen LogP contribution in [0, 0.1) is 0 Å². The van der Waals surface area contributed by atoms with Gasteiger partial charge in [-0.3, -0.25) is 4.79 Å². The average molecular weight is 420 g/mol. The molecule has 2 atom stereocenters. The van der Waals surface area contributed by atoms with E-state index in [-0.39, 0.29) is 11.9 Å². The molecule has 4 aromatic rings. The molecule has 3 heterocycles. The highest BCUT2D eigenvalue weighted by Crippen LogP contribution is 2.38.